The summed E-state index contributed by atoms with van der Waals surface area (Å²) < 4.78 is 7.04. The summed E-state index contributed by atoms with van der Waals surface area (Å²) >= 11 is 0. The number of benzene rings is 1. The van der Waals surface area contributed by atoms with E-state index in [9.17, 15) is 10.1 Å². The molecule has 7 heteroatoms. The molecule has 2 N–H and O–H groups in total. The van der Waals surface area contributed by atoms with Gasteiger partial charge in [0.05, 0.1) is 6.54 Å². The number of anilines is 1. The third-order valence-corrected chi connectivity index (χ3v) is 3.05. The Morgan fingerprint density at radius 3 is 3.05 bits per heavy atom. The van der Waals surface area contributed by atoms with Gasteiger partial charge in [0.15, 0.2) is 5.69 Å². The maximum Gasteiger partial charge on any atom is 0.415 e. The molecule has 0 fully saturated rings. The molecule has 21 heavy (non-hydrogen) atoms. The first-order valence-electron chi connectivity index (χ1n) is 6.33. The molecule has 1 atom stereocenters. The molecule has 0 saturated carbocycles. The van der Waals surface area contributed by atoms with Gasteiger partial charge in [-0.2, -0.15) is 0 Å². The van der Waals surface area contributed by atoms with Crippen LogP contribution in [0.4, 0.5) is 11.5 Å². The molecule has 3 rings (SSSR count). The van der Waals surface area contributed by atoms with Gasteiger partial charge in [-0.15, -0.1) is 0 Å². The van der Waals surface area contributed by atoms with Gasteiger partial charge in [-0.25, -0.2) is 0 Å². The fourth-order valence-corrected chi connectivity index (χ4v) is 2.15. The highest BCUT2D eigenvalue weighted by Gasteiger charge is 2.34. The standard InChI is InChI=1S/C14H12N4O3/c1-9-8-17-12(13(18(19)20)16-14(17)21-9)6-5-10-3-2-4-11(15)7-10/h2-4,7,9H,8,15H2,1H3. The van der Waals surface area contributed by atoms with Crippen LogP contribution >= 0.6 is 0 Å². The SMILES string of the molecule is CC1Cn2c(nc([N+](=O)[O-])c2C#Cc2cccc(N)c2)O1. The van der Waals surface area contributed by atoms with E-state index in [1.807, 2.05) is 6.92 Å². The van der Waals surface area contributed by atoms with Gasteiger partial charge in [0.25, 0.3) is 0 Å². The number of hydrogen-bond donors (Lipinski definition) is 1. The van der Waals surface area contributed by atoms with Crippen molar-refractivity contribution in [1.29, 1.82) is 0 Å². The number of rotatable bonds is 1. The maximum absolute atomic E-state index is 11.1. The summed E-state index contributed by atoms with van der Waals surface area (Å²) in [5.74, 6) is 5.41. The molecule has 0 spiro atoms. The third-order valence-electron chi connectivity index (χ3n) is 3.05. The molecule has 1 aromatic heterocycles. The molecule has 0 saturated heterocycles. The average Bonchev–Trinajstić information content (AvgIpc) is 2.93. The van der Waals surface area contributed by atoms with Crippen molar-refractivity contribution in [2.45, 2.75) is 19.6 Å². The van der Waals surface area contributed by atoms with Crippen LogP contribution in [0.3, 0.4) is 0 Å². The minimum Gasteiger partial charge on any atom is -0.441 e. The van der Waals surface area contributed by atoms with Gasteiger partial charge in [0.1, 0.15) is 6.10 Å². The van der Waals surface area contributed by atoms with E-state index in [0.29, 0.717) is 17.8 Å². The maximum atomic E-state index is 11.1. The van der Waals surface area contributed by atoms with E-state index in [1.54, 1.807) is 28.8 Å². The van der Waals surface area contributed by atoms with E-state index >= 15 is 0 Å². The van der Waals surface area contributed by atoms with E-state index in [1.165, 1.54) is 0 Å². The number of fused-ring (bicyclic) bond motifs is 1. The number of aromatic nitrogens is 2. The topological polar surface area (TPSA) is 96.2 Å². The lowest BCUT2D eigenvalue weighted by atomic mass is 10.2. The Labute approximate surface area is 120 Å². The minimum absolute atomic E-state index is 0.0683. The largest absolute Gasteiger partial charge is 0.441 e. The van der Waals surface area contributed by atoms with E-state index in [-0.39, 0.29) is 23.6 Å². The van der Waals surface area contributed by atoms with Crippen molar-refractivity contribution in [2.75, 3.05) is 5.73 Å². The summed E-state index contributed by atoms with van der Waals surface area (Å²) in [7, 11) is 0. The van der Waals surface area contributed by atoms with Gasteiger partial charge in [-0.3, -0.25) is 4.57 Å². The van der Waals surface area contributed by atoms with Crippen molar-refractivity contribution >= 4 is 11.5 Å². The second-order valence-electron chi connectivity index (χ2n) is 4.74. The van der Waals surface area contributed by atoms with Gasteiger partial charge in [-0.05, 0) is 36.0 Å². The van der Waals surface area contributed by atoms with Gasteiger partial charge >= 0.3 is 11.8 Å². The van der Waals surface area contributed by atoms with E-state index in [0.717, 1.165) is 0 Å². The minimum atomic E-state index is -0.553. The van der Waals surface area contributed by atoms with Crippen molar-refractivity contribution in [3.05, 3.63) is 45.6 Å². The zero-order valence-electron chi connectivity index (χ0n) is 11.2. The molecule has 2 heterocycles. The van der Waals surface area contributed by atoms with Gasteiger partial charge in [0, 0.05) is 16.2 Å². The van der Waals surface area contributed by atoms with Crippen LogP contribution in [0.1, 0.15) is 18.2 Å². The van der Waals surface area contributed by atoms with Crippen LogP contribution in [-0.4, -0.2) is 20.6 Å². The molecule has 0 radical (unpaired) electrons. The molecule has 1 aromatic carbocycles. The third kappa shape index (κ3) is 2.39. The Balaban J connectivity index is 2.05. The predicted molar refractivity (Wildman–Crippen MR) is 75.8 cm³/mol. The normalized spacial score (nSPS) is 15.8. The summed E-state index contributed by atoms with van der Waals surface area (Å²) in [4.78, 5) is 14.4. The number of nitrogen functional groups attached to an aromatic ring is 1. The van der Waals surface area contributed by atoms with Crippen molar-refractivity contribution in [3.63, 3.8) is 0 Å². The van der Waals surface area contributed by atoms with Crippen LogP contribution in [-0.2, 0) is 6.54 Å². The monoisotopic (exact) mass is 284 g/mol. The predicted octanol–water partition coefficient (Wildman–Crippen LogP) is 1.55. The van der Waals surface area contributed by atoms with Crippen molar-refractivity contribution in [2.24, 2.45) is 0 Å². The molecule has 0 amide bonds. The number of nitrogens with zero attached hydrogens (tertiary/aromatic N) is 3. The first kappa shape index (κ1) is 13.0. The smallest absolute Gasteiger partial charge is 0.415 e. The molecule has 7 nitrogen and oxygen atoms in total. The Morgan fingerprint density at radius 2 is 2.33 bits per heavy atom. The van der Waals surface area contributed by atoms with E-state index < -0.39 is 4.92 Å². The van der Waals surface area contributed by atoms with Crippen molar-refractivity contribution in [3.8, 4) is 17.9 Å². The zero-order valence-corrected chi connectivity index (χ0v) is 11.2. The second-order valence-corrected chi connectivity index (χ2v) is 4.74. The van der Waals surface area contributed by atoms with Gasteiger partial charge in [-0.1, -0.05) is 12.0 Å². The van der Waals surface area contributed by atoms with Crippen molar-refractivity contribution < 1.29 is 9.66 Å². The fraction of sp³-hybridized carbons (Fsp3) is 0.214. The first-order chi connectivity index (χ1) is 10.0. The molecule has 1 aliphatic rings. The molecule has 1 unspecified atom stereocenters. The summed E-state index contributed by atoms with van der Waals surface area (Å²) in [5.41, 5.74) is 7.21. The summed E-state index contributed by atoms with van der Waals surface area (Å²) in [6.07, 6.45) is -0.0683. The quantitative estimate of drug-likeness (QED) is 0.371. The number of imidazole rings is 1. The lowest BCUT2D eigenvalue weighted by molar-refractivity contribution is -0.389. The molecule has 106 valence electrons. The number of nitrogens with two attached hydrogens (primary N) is 1. The highest BCUT2D eigenvalue weighted by Crippen LogP contribution is 2.29. The lowest BCUT2D eigenvalue weighted by Crippen LogP contribution is -2.10. The highest BCUT2D eigenvalue weighted by atomic mass is 16.6. The Morgan fingerprint density at radius 1 is 1.52 bits per heavy atom. The van der Waals surface area contributed by atoms with Gasteiger partial charge in [0.2, 0.25) is 0 Å². The van der Waals surface area contributed by atoms with E-state index in [4.69, 9.17) is 10.5 Å². The van der Waals surface area contributed by atoms with E-state index in [2.05, 4.69) is 16.8 Å². The fourth-order valence-electron chi connectivity index (χ4n) is 2.15. The summed E-state index contributed by atoms with van der Waals surface area (Å²) in [6, 6.07) is 7.26. The van der Waals surface area contributed by atoms with Crippen LogP contribution in [0.15, 0.2) is 24.3 Å². The average molecular weight is 284 g/mol. The number of nitro groups is 1. The Bertz CT molecular complexity index is 785. The van der Waals surface area contributed by atoms with Crippen molar-refractivity contribution in [1.82, 2.24) is 9.55 Å². The van der Waals surface area contributed by atoms with Crippen LogP contribution in [0, 0.1) is 22.0 Å². The molecular weight excluding hydrogens is 272 g/mol. The Kier molecular flexibility index (Phi) is 2.99. The summed E-state index contributed by atoms with van der Waals surface area (Å²) in [5, 5.41) is 11.1. The molecule has 0 bridgehead atoms. The first-order valence-corrected chi connectivity index (χ1v) is 6.33. The van der Waals surface area contributed by atoms with Gasteiger partial charge < -0.3 is 20.6 Å². The Hall–Kier alpha value is -3.01. The van der Waals surface area contributed by atoms with Crippen LogP contribution < -0.4 is 10.5 Å². The number of hydrogen-bond acceptors (Lipinski definition) is 5. The van der Waals surface area contributed by atoms with Crippen LogP contribution in [0.5, 0.6) is 6.01 Å². The second kappa shape index (κ2) is 4.83. The zero-order chi connectivity index (χ0) is 15.0. The number of ether oxygens (including phenoxy) is 1. The molecular formula is C14H12N4O3. The lowest BCUT2D eigenvalue weighted by Gasteiger charge is -1.99. The summed E-state index contributed by atoms with van der Waals surface area (Å²) in [6.45, 7) is 2.37. The molecule has 1 aliphatic heterocycles. The van der Waals surface area contributed by atoms with Crippen LogP contribution in [0.25, 0.3) is 0 Å². The van der Waals surface area contributed by atoms with Crippen LogP contribution in [0.2, 0.25) is 0 Å². The molecule has 0 aliphatic carbocycles. The molecule has 2 aromatic rings. The highest BCUT2D eigenvalue weighted by molar-refractivity contribution is 5.52.